The van der Waals surface area contributed by atoms with Crippen LogP contribution in [0, 0.1) is 0 Å². The molecule has 18 heteroatoms. The number of rotatable bonds is 15. The Kier molecular flexibility index (Phi) is 16.3. The molecule has 72 heavy (non-hydrogen) atoms. The van der Waals surface area contributed by atoms with Crippen molar-refractivity contribution in [3.63, 3.8) is 0 Å². The molecule has 0 radical (unpaired) electrons. The van der Waals surface area contributed by atoms with E-state index in [1.54, 1.807) is 44.2 Å². The van der Waals surface area contributed by atoms with Gasteiger partial charge >= 0.3 is 0 Å². The quantitative estimate of drug-likeness (QED) is 0.0709. The topological polar surface area (TPSA) is 195 Å². The van der Waals surface area contributed by atoms with Crippen molar-refractivity contribution >= 4 is 57.8 Å². The molecular weight excluding hydrogens is 926 g/mol. The van der Waals surface area contributed by atoms with Gasteiger partial charge in [-0.2, -0.15) is 0 Å². The second-order valence-electron chi connectivity index (χ2n) is 17.1. The second kappa shape index (κ2) is 24.0. The maximum Gasteiger partial charge on any atom is 0.213 e. The van der Waals surface area contributed by atoms with Gasteiger partial charge in [-0.25, -0.2) is 34.9 Å². The first-order valence-corrected chi connectivity index (χ1v) is 24.5. The largest absolute Gasteiger partial charge is 0.481 e. The first-order chi connectivity index (χ1) is 35.4. The predicted molar refractivity (Wildman–Crippen MR) is 284 cm³/mol. The monoisotopic (exact) mass is 981 g/mol. The van der Waals surface area contributed by atoms with Gasteiger partial charge in [0.05, 0.1) is 47.2 Å². The molecule has 1 aromatic carbocycles. The highest BCUT2D eigenvalue weighted by Gasteiger charge is 2.21. The summed E-state index contributed by atoms with van der Waals surface area (Å²) in [4.78, 5) is 39.7. The van der Waals surface area contributed by atoms with E-state index in [0.717, 1.165) is 102 Å². The summed E-state index contributed by atoms with van der Waals surface area (Å²) in [5, 5.41) is 20.5. The predicted octanol–water partition coefficient (Wildman–Crippen LogP) is 10.7. The van der Waals surface area contributed by atoms with E-state index in [4.69, 9.17) is 31.3 Å². The molecule has 17 nitrogen and oxygen atoms in total. The Morgan fingerprint density at radius 1 is 0.708 bits per heavy atom. The summed E-state index contributed by atoms with van der Waals surface area (Å²) in [5.41, 5.74) is 8.81. The van der Waals surface area contributed by atoms with Crippen LogP contribution < -0.4 is 20.7 Å². The maximum atomic E-state index is 9.65. The van der Waals surface area contributed by atoms with Gasteiger partial charge in [-0.1, -0.05) is 55.6 Å². The molecule has 0 saturated heterocycles. The van der Waals surface area contributed by atoms with Crippen LogP contribution in [-0.2, 0) is 6.42 Å². The zero-order valence-electron chi connectivity index (χ0n) is 40.1. The number of aliphatic hydroxyl groups is 1. The highest BCUT2D eigenvalue weighted by molar-refractivity contribution is 6.33. The van der Waals surface area contributed by atoms with Crippen LogP contribution in [0.15, 0.2) is 153 Å². The first kappa shape index (κ1) is 48.7. The number of halogens is 1. The van der Waals surface area contributed by atoms with Crippen LogP contribution in [0.4, 0.5) is 23.1 Å². The number of pyridine rings is 3. The minimum atomic E-state index is -0.139. The lowest BCUT2D eigenvalue weighted by Crippen LogP contribution is -2.28. The molecule has 0 bridgehead atoms. The number of anilines is 4. The van der Waals surface area contributed by atoms with Gasteiger partial charge in [0.25, 0.3) is 0 Å². The summed E-state index contributed by atoms with van der Waals surface area (Å²) < 4.78 is 11.0. The Hall–Kier alpha value is -8.28. The van der Waals surface area contributed by atoms with Gasteiger partial charge in [-0.05, 0) is 86.6 Å². The van der Waals surface area contributed by atoms with E-state index in [2.05, 4.69) is 64.9 Å². The lowest BCUT2D eigenvalue weighted by Gasteiger charge is -2.26. The van der Waals surface area contributed by atoms with Crippen LogP contribution >= 0.6 is 11.6 Å². The Morgan fingerprint density at radius 3 is 2.11 bits per heavy atom. The number of hydrogen-bond donors (Lipinski definition) is 4. The molecule has 0 unspecified atom stereocenters. The van der Waals surface area contributed by atoms with E-state index in [1.165, 1.54) is 18.4 Å². The van der Waals surface area contributed by atoms with Gasteiger partial charge in [0, 0.05) is 110 Å². The van der Waals surface area contributed by atoms with Crippen molar-refractivity contribution in [3.8, 4) is 28.4 Å². The normalized spacial score (nSPS) is 14.4. The van der Waals surface area contributed by atoms with Gasteiger partial charge in [0.2, 0.25) is 5.88 Å². The number of nitrogens with one attached hydrogen (secondary N) is 3. The molecule has 0 atom stereocenters. The van der Waals surface area contributed by atoms with Crippen LogP contribution in [0.5, 0.6) is 5.88 Å². The number of aliphatic hydroxyl groups excluding tert-OH is 1. The number of unbranched alkanes of at least 4 members (excludes halogenated alkanes) is 2. The molecular formula is C54H56ClN15O2. The zero-order valence-corrected chi connectivity index (χ0v) is 40.9. The molecule has 1 aliphatic rings. The van der Waals surface area contributed by atoms with E-state index in [9.17, 15) is 5.11 Å². The van der Waals surface area contributed by atoms with Gasteiger partial charge in [-0.15, -0.1) is 0 Å². The van der Waals surface area contributed by atoms with E-state index < -0.39 is 0 Å². The molecule has 4 N–H and O–H groups in total. The van der Waals surface area contributed by atoms with Crippen molar-refractivity contribution in [2.45, 2.75) is 70.4 Å². The molecule has 11 rings (SSSR count). The highest BCUT2D eigenvalue weighted by Crippen LogP contribution is 2.30. The van der Waals surface area contributed by atoms with E-state index in [-0.39, 0.29) is 6.10 Å². The van der Waals surface area contributed by atoms with Crippen LogP contribution in [0.2, 0.25) is 5.02 Å². The van der Waals surface area contributed by atoms with E-state index in [0.29, 0.717) is 28.4 Å². The Bertz CT molecular complexity index is 3320. The van der Waals surface area contributed by atoms with Crippen molar-refractivity contribution < 1.29 is 9.84 Å². The molecule has 10 aromatic rings. The standard InChI is InChI=1S/C18H14ClN5O.C18H16N6.C18H26N4O/c1-25-16-7-6-12(10-21-16)22-17-18-20-8-9-24(18)11-15(23-17)13-4-2-3-5-14(13)19;1-2-15(12-20-6-1)16-13-24-11-10-22-18(24)17(23-16)21-9-5-14-3-7-19-8-4-14;1-2-3-4-5-6-15-13-22-12-11-19-18(22)17(21-15)20-14-7-9-16(23)10-8-14/h2-11H,1H3,(H,22,23);1-4,6-8,10-13H,5,9H2,(H,21,23);5-6,11-14,16,23H,2-4,7-10H2,1H3,(H,20,21)/b;;6-5+. The third-order valence-electron chi connectivity index (χ3n) is 12.0. The molecule has 0 aliphatic heterocycles. The van der Waals surface area contributed by atoms with Crippen LogP contribution in [0.1, 0.15) is 63.1 Å². The molecule has 1 aliphatic carbocycles. The summed E-state index contributed by atoms with van der Waals surface area (Å²) in [5.74, 6) is 2.79. The minimum absolute atomic E-state index is 0.139. The average molecular weight is 983 g/mol. The maximum absolute atomic E-state index is 9.65. The van der Waals surface area contributed by atoms with Gasteiger partial charge < -0.3 is 39.0 Å². The van der Waals surface area contributed by atoms with Crippen LogP contribution in [0.25, 0.3) is 45.5 Å². The molecule has 9 heterocycles. The third-order valence-corrected chi connectivity index (χ3v) is 12.3. The summed E-state index contributed by atoms with van der Waals surface area (Å²) in [6.07, 6.45) is 38.0. The Morgan fingerprint density at radius 2 is 1.42 bits per heavy atom. The Labute approximate surface area is 422 Å². The number of ether oxygens (including phenoxy) is 1. The van der Waals surface area contributed by atoms with Crippen molar-refractivity contribution in [3.05, 3.63) is 170 Å². The number of hydrogen-bond acceptors (Lipinski definition) is 14. The molecule has 0 spiro atoms. The summed E-state index contributed by atoms with van der Waals surface area (Å²) >= 11 is 6.32. The fourth-order valence-electron chi connectivity index (χ4n) is 8.17. The fourth-order valence-corrected chi connectivity index (χ4v) is 8.40. The molecule has 0 amide bonds. The summed E-state index contributed by atoms with van der Waals surface area (Å²) in [6, 6.07) is 19.6. The van der Waals surface area contributed by atoms with Crippen molar-refractivity contribution in [2.75, 3.05) is 29.6 Å². The molecule has 1 saturated carbocycles. The van der Waals surface area contributed by atoms with Gasteiger partial charge in [0.15, 0.2) is 34.4 Å². The Balaban J connectivity index is 0.000000133. The SMILES string of the molecule is CCCC/C=C/c1cn2ccnc2c(NC2CCC(O)CC2)n1.COc1ccc(Nc2nc(-c3ccccc3Cl)cn3ccnc23)cn1.c1cncc(-c2cn3ccnc3c(NCCc3ccncc3)n2)c1. The number of allylic oxidation sites excluding steroid dienone is 1. The number of methoxy groups -OCH3 is 1. The molecule has 366 valence electrons. The van der Waals surface area contributed by atoms with Crippen molar-refractivity contribution in [1.29, 1.82) is 0 Å². The first-order valence-electron chi connectivity index (χ1n) is 24.1. The number of nitrogens with zero attached hydrogens (tertiary/aromatic N) is 12. The summed E-state index contributed by atoms with van der Waals surface area (Å²) in [7, 11) is 1.58. The lowest BCUT2D eigenvalue weighted by atomic mass is 9.93. The number of imidazole rings is 3. The van der Waals surface area contributed by atoms with Gasteiger partial charge in [-0.3, -0.25) is 9.97 Å². The average Bonchev–Trinajstić information content (AvgIpc) is 4.22. The van der Waals surface area contributed by atoms with Crippen molar-refractivity contribution in [1.82, 2.24) is 58.1 Å². The number of fused-ring (bicyclic) bond motifs is 3. The molecule has 1 fully saturated rings. The fraction of sp³-hybridized carbons (Fsp3) is 0.241. The van der Waals surface area contributed by atoms with E-state index >= 15 is 0 Å². The number of benzene rings is 1. The van der Waals surface area contributed by atoms with Gasteiger partial charge in [0.1, 0.15) is 0 Å². The van der Waals surface area contributed by atoms with E-state index in [1.807, 2.05) is 124 Å². The smallest absolute Gasteiger partial charge is 0.213 e. The number of aromatic nitrogens is 12. The second-order valence-corrected chi connectivity index (χ2v) is 17.5. The van der Waals surface area contributed by atoms with Crippen LogP contribution in [0.3, 0.4) is 0 Å². The minimum Gasteiger partial charge on any atom is -0.481 e. The zero-order chi connectivity index (χ0) is 49.5. The molecule has 9 aromatic heterocycles. The van der Waals surface area contributed by atoms with Crippen LogP contribution in [-0.4, -0.2) is 89.0 Å². The lowest BCUT2D eigenvalue weighted by molar-refractivity contribution is 0.126. The van der Waals surface area contributed by atoms with Crippen molar-refractivity contribution in [2.24, 2.45) is 0 Å². The highest BCUT2D eigenvalue weighted by atomic mass is 35.5. The third kappa shape index (κ3) is 12.5. The summed E-state index contributed by atoms with van der Waals surface area (Å²) in [6.45, 7) is 2.97.